The van der Waals surface area contributed by atoms with Crippen LogP contribution in [0.25, 0.3) is 0 Å². The summed E-state index contributed by atoms with van der Waals surface area (Å²) in [6.07, 6.45) is 14.6. The van der Waals surface area contributed by atoms with Crippen molar-refractivity contribution in [2.24, 2.45) is 0 Å². The number of rotatable bonds is 1. The van der Waals surface area contributed by atoms with Gasteiger partial charge >= 0.3 is 0 Å². The maximum absolute atomic E-state index is 12.2. The van der Waals surface area contributed by atoms with Gasteiger partial charge in [-0.05, 0) is 25.0 Å². The van der Waals surface area contributed by atoms with E-state index in [-0.39, 0.29) is 10.7 Å². The highest BCUT2D eigenvalue weighted by atomic mass is 16.5. The van der Waals surface area contributed by atoms with Gasteiger partial charge in [-0.1, -0.05) is 12.8 Å². The van der Waals surface area contributed by atoms with E-state index in [1.807, 2.05) is 12.2 Å². The van der Waals surface area contributed by atoms with Gasteiger partial charge in [0.05, 0.1) is 6.04 Å². The summed E-state index contributed by atoms with van der Waals surface area (Å²) >= 11 is 0. The highest BCUT2D eigenvalue weighted by Crippen LogP contribution is 2.29. The zero-order chi connectivity index (χ0) is 9.15. The number of hydroxylamine groups is 3. The van der Waals surface area contributed by atoms with E-state index in [1.54, 1.807) is 12.4 Å². The molecule has 0 radical (unpaired) electrons. The van der Waals surface area contributed by atoms with Gasteiger partial charge in [0.15, 0.2) is 0 Å². The Kier molecular flexibility index (Phi) is 2.51. The number of quaternary nitrogens is 1. The van der Waals surface area contributed by atoms with Gasteiger partial charge in [0.2, 0.25) is 0 Å². The van der Waals surface area contributed by atoms with E-state index in [2.05, 4.69) is 0 Å². The molecule has 0 unspecified atom stereocenters. The number of hydrogen-bond acceptors (Lipinski definition) is 1. The molecule has 13 heavy (non-hydrogen) atoms. The van der Waals surface area contributed by atoms with Crippen molar-refractivity contribution in [1.29, 1.82) is 0 Å². The van der Waals surface area contributed by atoms with E-state index in [1.165, 1.54) is 25.7 Å². The monoisotopic (exact) mass is 179 g/mol. The van der Waals surface area contributed by atoms with Crippen molar-refractivity contribution in [2.75, 3.05) is 0 Å². The third-order valence-electron chi connectivity index (χ3n) is 3.14. The number of allylic oxidation sites excluding steroid dienone is 2. The van der Waals surface area contributed by atoms with Crippen molar-refractivity contribution in [3.8, 4) is 0 Å². The van der Waals surface area contributed by atoms with Crippen LogP contribution in [0.4, 0.5) is 0 Å². The second-order valence-electron chi connectivity index (χ2n) is 4.09. The highest BCUT2D eigenvalue weighted by molar-refractivity contribution is 5.05. The first-order valence-electron chi connectivity index (χ1n) is 5.27. The molecule has 0 atom stereocenters. The van der Waals surface area contributed by atoms with Crippen molar-refractivity contribution >= 4 is 0 Å². The molecule has 0 aromatic heterocycles. The second-order valence-corrected chi connectivity index (χ2v) is 4.09. The molecule has 0 amide bonds. The van der Waals surface area contributed by atoms with Crippen LogP contribution in [0.3, 0.4) is 0 Å². The zero-order valence-electron chi connectivity index (χ0n) is 7.98. The van der Waals surface area contributed by atoms with Gasteiger partial charge in [0, 0.05) is 12.8 Å². The van der Waals surface area contributed by atoms with Crippen molar-refractivity contribution in [3.63, 3.8) is 0 Å². The molecule has 0 bridgehead atoms. The van der Waals surface area contributed by atoms with Gasteiger partial charge in [-0.2, -0.15) is 0 Å². The summed E-state index contributed by atoms with van der Waals surface area (Å²) in [7, 11) is 0. The molecular weight excluding hydrogens is 162 g/mol. The minimum atomic E-state index is -0.194. The lowest BCUT2D eigenvalue weighted by atomic mass is 10.1. The molecule has 2 aliphatic rings. The van der Waals surface area contributed by atoms with E-state index >= 15 is 0 Å². The van der Waals surface area contributed by atoms with Crippen LogP contribution in [0.1, 0.15) is 38.5 Å². The molecule has 2 nitrogen and oxygen atoms in total. The van der Waals surface area contributed by atoms with E-state index < -0.39 is 0 Å². The molecule has 1 aliphatic heterocycles. The lowest BCUT2D eigenvalue weighted by Crippen LogP contribution is -2.39. The smallest absolute Gasteiger partial charge is 0.101 e. The molecule has 0 aromatic carbocycles. The molecule has 0 spiro atoms. The van der Waals surface area contributed by atoms with E-state index in [9.17, 15) is 5.21 Å². The average Bonchev–Trinajstić information content (AvgIpc) is 2.44. The third kappa shape index (κ3) is 1.84. The Hall–Kier alpha value is -0.600. The minimum absolute atomic E-state index is 0.194. The maximum Gasteiger partial charge on any atom is 0.101 e. The average molecular weight is 179 g/mol. The van der Waals surface area contributed by atoms with E-state index in [0.717, 1.165) is 12.8 Å². The number of nitrogens with zero attached hydrogens (tertiary/aromatic N) is 1. The predicted octanol–water partition coefficient (Wildman–Crippen LogP) is 3.06. The zero-order valence-corrected chi connectivity index (χ0v) is 7.98. The third-order valence-corrected chi connectivity index (χ3v) is 3.14. The minimum Gasteiger partial charge on any atom is -0.623 e. The summed E-state index contributed by atoms with van der Waals surface area (Å²) in [5.41, 5.74) is 0. The Morgan fingerprint density at radius 1 is 0.923 bits per heavy atom. The van der Waals surface area contributed by atoms with Gasteiger partial charge in [-0.25, -0.2) is 0 Å². The van der Waals surface area contributed by atoms with Crippen LogP contribution in [0.2, 0.25) is 0 Å². The first-order valence-corrected chi connectivity index (χ1v) is 5.27. The first kappa shape index (κ1) is 8.97. The van der Waals surface area contributed by atoms with Gasteiger partial charge in [0.25, 0.3) is 0 Å². The topological polar surface area (TPSA) is 23.1 Å². The molecule has 72 valence electrons. The van der Waals surface area contributed by atoms with Crippen LogP contribution in [-0.4, -0.2) is 10.7 Å². The van der Waals surface area contributed by atoms with Crippen LogP contribution < -0.4 is 0 Å². The fraction of sp³-hybridized carbons (Fsp3) is 0.636. The summed E-state index contributed by atoms with van der Waals surface area (Å²) in [6, 6.07) is 0.289. The molecule has 1 heterocycles. The lowest BCUT2D eigenvalue weighted by molar-refractivity contribution is -0.802. The molecule has 1 fully saturated rings. The normalized spacial score (nSPS) is 27.8. The standard InChI is InChI=1S/C11H17NO/c13-12(9-5-6-10-12)11-7-3-1-2-4-8-11/h5-6,9-11H,1-4,7-8H2. The van der Waals surface area contributed by atoms with Crippen LogP contribution in [0.15, 0.2) is 24.6 Å². The Morgan fingerprint density at radius 3 is 2.00 bits per heavy atom. The van der Waals surface area contributed by atoms with Crippen LogP contribution in [0, 0.1) is 5.21 Å². The largest absolute Gasteiger partial charge is 0.623 e. The molecule has 0 N–H and O–H groups in total. The Morgan fingerprint density at radius 2 is 1.46 bits per heavy atom. The quantitative estimate of drug-likeness (QED) is 0.344. The van der Waals surface area contributed by atoms with Crippen molar-refractivity contribution in [1.82, 2.24) is 0 Å². The van der Waals surface area contributed by atoms with Gasteiger partial charge in [-0.3, -0.25) is 0 Å². The van der Waals surface area contributed by atoms with Gasteiger partial charge < -0.3 is 9.85 Å². The fourth-order valence-corrected chi connectivity index (χ4v) is 2.32. The van der Waals surface area contributed by atoms with E-state index in [0.29, 0.717) is 0 Å². The SMILES string of the molecule is [O-][N+]1(C2CCCCCC2)C=CC=C1. The molecule has 1 saturated carbocycles. The molecule has 0 saturated heterocycles. The van der Waals surface area contributed by atoms with Crippen molar-refractivity contribution in [3.05, 3.63) is 29.8 Å². The Labute approximate surface area is 79.7 Å². The maximum atomic E-state index is 12.2. The Balaban J connectivity index is 2.05. The molecule has 2 heteroatoms. The summed E-state index contributed by atoms with van der Waals surface area (Å²) in [4.78, 5) is 0. The molecule has 0 aromatic rings. The fourth-order valence-electron chi connectivity index (χ4n) is 2.32. The summed E-state index contributed by atoms with van der Waals surface area (Å²) < 4.78 is -0.194. The number of hydrogen-bond donors (Lipinski definition) is 0. The summed E-state index contributed by atoms with van der Waals surface area (Å²) in [5.74, 6) is 0. The van der Waals surface area contributed by atoms with Crippen molar-refractivity contribution in [2.45, 2.75) is 44.6 Å². The van der Waals surface area contributed by atoms with Gasteiger partial charge in [-0.15, -0.1) is 0 Å². The lowest BCUT2D eigenvalue weighted by Gasteiger charge is -2.40. The highest BCUT2D eigenvalue weighted by Gasteiger charge is 2.27. The summed E-state index contributed by atoms with van der Waals surface area (Å²) in [6.45, 7) is 0. The molecule has 2 rings (SSSR count). The molecule has 1 aliphatic carbocycles. The van der Waals surface area contributed by atoms with E-state index in [4.69, 9.17) is 0 Å². The van der Waals surface area contributed by atoms with Crippen molar-refractivity contribution < 1.29 is 4.65 Å². The van der Waals surface area contributed by atoms with Crippen LogP contribution in [-0.2, 0) is 0 Å². The summed E-state index contributed by atoms with van der Waals surface area (Å²) in [5, 5.41) is 12.2. The first-order chi connectivity index (χ1) is 6.31. The second kappa shape index (κ2) is 3.64. The Bertz CT molecular complexity index is 212. The van der Waals surface area contributed by atoms with Gasteiger partial charge in [0.1, 0.15) is 12.4 Å². The molecular formula is C11H17NO. The van der Waals surface area contributed by atoms with Crippen LogP contribution >= 0.6 is 0 Å². The van der Waals surface area contributed by atoms with Crippen LogP contribution in [0.5, 0.6) is 0 Å². The predicted molar refractivity (Wildman–Crippen MR) is 53.4 cm³/mol.